The van der Waals surface area contributed by atoms with Gasteiger partial charge in [-0.25, -0.2) is 0 Å². The molecule has 0 radical (unpaired) electrons. The second-order valence-electron chi connectivity index (χ2n) is 12.1. The van der Waals surface area contributed by atoms with Gasteiger partial charge in [-0.3, -0.25) is 0 Å². The molecule has 2 atom stereocenters. The average Bonchev–Trinajstić information content (AvgIpc) is 3.31. The first-order chi connectivity index (χ1) is 15.6. The maximum atomic E-state index is 4.95. The van der Waals surface area contributed by atoms with Gasteiger partial charge in [0.1, 0.15) is 0 Å². The Morgan fingerprint density at radius 1 is 0.727 bits per heavy atom. The Hall–Kier alpha value is 1.40. The first-order valence-corrected chi connectivity index (χ1v) is 21.6. The van der Waals surface area contributed by atoms with Crippen LogP contribution < -0.4 is 0 Å². The third kappa shape index (κ3) is 5.95. The molecule has 0 saturated heterocycles. The molecule has 0 aromatic rings. The molecule has 33 heavy (non-hydrogen) atoms. The van der Waals surface area contributed by atoms with Gasteiger partial charge in [0.25, 0.3) is 0 Å². The van der Waals surface area contributed by atoms with E-state index in [-0.39, 0.29) is 7.92 Å². The molecule has 0 bridgehead atoms. The molecule has 3 saturated carbocycles. The summed E-state index contributed by atoms with van der Waals surface area (Å²) in [6.07, 6.45) is 28.1. The molecule has 0 aromatic heterocycles. The van der Waals surface area contributed by atoms with E-state index in [0.717, 1.165) is 17.2 Å². The molecule has 0 heterocycles. The van der Waals surface area contributed by atoms with Gasteiger partial charge in [-0.2, -0.15) is 0 Å². The van der Waals surface area contributed by atoms with Crippen molar-refractivity contribution in [2.75, 3.05) is 0 Å². The average molecular weight is 622 g/mol. The van der Waals surface area contributed by atoms with E-state index in [1.807, 2.05) is 0 Å². The van der Waals surface area contributed by atoms with E-state index >= 15 is 0 Å². The Bertz CT molecular complexity index is 644. The van der Waals surface area contributed by atoms with Crippen LogP contribution in [0.25, 0.3) is 0 Å². The van der Waals surface area contributed by atoms with Crippen molar-refractivity contribution in [1.82, 2.24) is 0 Å². The number of halogens is 3. The molecule has 0 nitrogen and oxygen atoms in total. The van der Waals surface area contributed by atoms with Crippen LogP contribution >= 0.6 is 37.0 Å². The minimum atomic E-state index is -1.75. The number of hydrogen-bond acceptors (Lipinski definition) is 0. The SMILES string of the molecule is CC1CCC(C2C=CC=C2)(P(C2CCCCC2)C2CCCCC2)C(C)(C)C1(C)C.[Cl][Ru]([Cl])[Cl]. The molecule has 193 valence electrons. The summed E-state index contributed by atoms with van der Waals surface area (Å²) in [7, 11) is 14.9. The Balaban J connectivity index is 0.000000709. The van der Waals surface area contributed by atoms with E-state index in [2.05, 4.69) is 58.9 Å². The van der Waals surface area contributed by atoms with Crippen molar-refractivity contribution in [3.63, 3.8) is 0 Å². The number of allylic oxidation sites excluding steroid dienone is 4. The predicted molar refractivity (Wildman–Crippen MR) is 149 cm³/mol. The Morgan fingerprint density at radius 3 is 1.58 bits per heavy atom. The van der Waals surface area contributed by atoms with E-state index in [1.165, 1.54) is 77.0 Å². The molecule has 4 rings (SSSR count). The van der Waals surface area contributed by atoms with E-state index in [4.69, 9.17) is 29.1 Å². The van der Waals surface area contributed by atoms with Gasteiger partial charge in [-0.15, -0.1) is 0 Å². The van der Waals surface area contributed by atoms with Crippen LogP contribution in [0.2, 0.25) is 0 Å². The first kappa shape index (κ1) is 29.0. The third-order valence-corrected chi connectivity index (χ3v) is 15.2. The van der Waals surface area contributed by atoms with Gasteiger partial charge in [-0.1, -0.05) is 105 Å². The van der Waals surface area contributed by atoms with Gasteiger partial charge >= 0.3 is 42.1 Å². The van der Waals surface area contributed by atoms with Gasteiger partial charge in [0.2, 0.25) is 0 Å². The monoisotopic (exact) mass is 621 g/mol. The Morgan fingerprint density at radius 2 is 1.15 bits per heavy atom. The standard InChI is InChI=1S/C28H47P.3ClH.Ru/c1-22-20-21-28(23-14-12-13-15-23,27(4,5)26(22,2)3)29(24-16-8-6-9-17-24)25-18-10-7-11-19-25;;;;/h12-15,22-25H,6-11,16-21H2,1-5H3;3*1H;/q;;;;+3/p-3. The molecule has 0 spiro atoms. The summed E-state index contributed by atoms with van der Waals surface area (Å²) < 4.78 is 0. The fraction of sp³-hybridized carbons (Fsp3) is 0.857. The summed E-state index contributed by atoms with van der Waals surface area (Å²) in [5.41, 5.74) is 2.85. The molecule has 0 amide bonds. The molecule has 0 N–H and O–H groups in total. The fourth-order valence-corrected chi connectivity index (χ4v) is 13.5. The number of hydrogen-bond donors (Lipinski definition) is 0. The molecule has 2 unspecified atom stereocenters. The molecule has 0 aliphatic heterocycles. The van der Waals surface area contributed by atoms with Crippen LogP contribution in [0, 0.1) is 22.7 Å². The van der Waals surface area contributed by atoms with Crippen LogP contribution in [0.15, 0.2) is 24.3 Å². The normalized spacial score (nSPS) is 33.1. The van der Waals surface area contributed by atoms with Crippen LogP contribution in [0.3, 0.4) is 0 Å². The zero-order valence-corrected chi connectivity index (χ0v) is 26.4. The van der Waals surface area contributed by atoms with E-state index in [9.17, 15) is 0 Å². The first-order valence-electron chi connectivity index (χ1n) is 13.4. The molecule has 4 aliphatic rings. The zero-order valence-electron chi connectivity index (χ0n) is 21.5. The van der Waals surface area contributed by atoms with Crippen molar-refractivity contribution < 1.29 is 13.0 Å². The molecular formula is C28H47Cl3PRu. The van der Waals surface area contributed by atoms with Gasteiger partial charge in [0, 0.05) is 11.1 Å². The summed E-state index contributed by atoms with van der Waals surface area (Å²) >= 11 is -1.75. The molecular weight excluding hydrogens is 575 g/mol. The van der Waals surface area contributed by atoms with Gasteiger partial charge in [-0.05, 0) is 66.6 Å². The second kappa shape index (κ2) is 12.3. The molecule has 3 fully saturated rings. The van der Waals surface area contributed by atoms with Crippen LogP contribution in [0.4, 0.5) is 0 Å². The minimum absolute atomic E-state index is 0.0216. The summed E-state index contributed by atoms with van der Waals surface area (Å²) in [6, 6.07) is 0. The topological polar surface area (TPSA) is 0 Å². The van der Waals surface area contributed by atoms with Crippen molar-refractivity contribution in [2.24, 2.45) is 22.7 Å². The van der Waals surface area contributed by atoms with E-state index < -0.39 is 13.0 Å². The van der Waals surface area contributed by atoms with Gasteiger partial charge in [0.05, 0.1) is 0 Å². The number of rotatable bonds is 4. The predicted octanol–water partition coefficient (Wildman–Crippen LogP) is 11.2. The Kier molecular flexibility index (Phi) is 10.8. The maximum absolute atomic E-state index is 4.95. The van der Waals surface area contributed by atoms with Crippen molar-refractivity contribution in [1.29, 1.82) is 0 Å². The van der Waals surface area contributed by atoms with Crippen LogP contribution in [0.5, 0.6) is 0 Å². The van der Waals surface area contributed by atoms with Crippen molar-refractivity contribution in [3.05, 3.63) is 24.3 Å². The van der Waals surface area contributed by atoms with Crippen LogP contribution in [0.1, 0.15) is 112 Å². The third-order valence-electron chi connectivity index (χ3n) is 10.6. The van der Waals surface area contributed by atoms with Gasteiger partial charge < -0.3 is 0 Å². The quantitative estimate of drug-likeness (QED) is 0.216. The van der Waals surface area contributed by atoms with Crippen molar-refractivity contribution in [3.8, 4) is 0 Å². The summed E-state index contributed by atoms with van der Waals surface area (Å²) in [6.45, 7) is 13.2. The summed E-state index contributed by atoms with van der Waals surface area (Å²) in [4.78, 5) is 0. The van der Waals surface area contributed by atoms with Crippen LogP contribution in [-0.2, 0) is 13.0 Å². The van der Waals surface area contributed by atoms with Crippen molar-refractivity contribution in [2.45, 2.75) is 128 Å². The van der Waals surface area contributed by atoms with E-state index in [0.29, 0.717) is 21.9 Å². The fourth-order valence-electron chi connectivity index (χ4n) is 7.91. The molecule has 0 aromatic carbocycles. The van der Waals surface area contributed by atoms with Crippen LogP contribution in [-0.4, -0.2) is 16.5 Å². The Labute approximate surface area is 223 Å². The van der Waals surface area contributed by atoms with Gasteiger partial charge in [0.15, 0.2) is 0 Å². The summed E-state index contributed by atoms with van der Waals surface area (Å²) in [5.74, 6) is 1.51. The van der Waals surface area contributed by atoms with E-state index in [1.54, 1.807) is 0 Å². The molecule has 4 aliphatic carbocycles. The van der Waals surface area contributed by atoms with Crippen molar-refractivity contribution >= 4 is 37.0 Å². The second-order valence-corrected chi connectivity index (χ2v) is 23.1. The summed E-state index contributed by atoms with van der Waals surface area (Å²) in [5, 5.41) is 0.492. The molecule has 5 heteroatoms. The zero-order chi connectivity index (χ0) is 24.3.